The van der Waals surface area contributed by atoms with E-state index < -0.39 is 0 Å². The molecule has 196 valence electrons. The van der Waals surface area contributed by atoms with Crippen molar-refractivity contribution in [2.45, 2.75) is 156 Å². The molecule has 0 aliphatic carbocycles. The Morgan fingerprint density at radius 1 is 0.267 bits per heavy atom. The minimum absolute atomic E-state index is 0. The molecule has 0 aliphatic heterocycles. The van der Waals surface area contributed by atoms with Gasteiger partial charge in [0.15, 0.2) is 0 Å². The Balaban J connectivity index is -0.0000000847. The molecule has 0 heterocycles. The van der Waals surface area contributed by atoms with Crippen molar-refractivity contribution in [3.05, 3.63) is 0 Å². The zero-order chi connectivity index (χ0) is 22.2. The summed E-state index contributed by atoms with van der Waals surface area (Å²) in [6.45, 7) is 42.9. The van der Waals surface area contributed by atoms with Crippen molar-refractivity contribution >= 4 is 63.8 Å². The van der Waals surface area contributed by atoms with Crippen molar-refractivity contribution in [2.24, 2.45) is 0 Å². The zero-order valence-corrected chi connectivity index (χ0v) is 32.9. The standard InChI is InChI=1S/2C12H27P.2HI.2Pd/c2*1-10(2,3)13(11(4,5)6)12(7,8)9;;;;/h2*1-9H3;2*1H;;. The van der Waals surface area contributed by atoms with Crippen molar-refractivity contribution in [1.82, 2.24) is 0 Å². The number of hydrogen-bond acceptors (Lipinski definition) is 0. The molecule has 0 rings (SSSR count). The molecular weight excluding hydrogens is 817 g/mol. The van der Waals surface area contributed by atoms with Crippen LogP contribution in [0.1, 0.15) is 125 Å². The maximum Gasteiger partial charge on any atom is 0 e. The molecule has 6 heteroatoms. The first kappa shape index (κ1) is 46.9. The van der Waals surface area contributed by atoms with Crippen molar-refractivity contribution in [3.8, 4) is 0 Å². The smallest absolute Gasteiger partial charge is 0 e. The van der Waals surface area contributed by atoms with E-state index in [1.165, 1.54) is 0 Å². The summed E-state index contributed by atoms with van der Waals surface area (Å²) >= 11 is 0. The third kappa shape index (κ3) is 18.9. The summed E-state index contributed by atoms with van der Waals surface area (Å²) in [4.78, 5) is 0. The van der Waals surface area contributed by atoms with Gasteiger partial charge in [0, 0.05) is 40.8 Å². The molecule has 0 aliphatic rings. The fraction of sp³-hybridized carbons (Fsp3) is 1.00. The number of hydrogen-bond donors (Lipinski definition) is 0. The van der Waals surface area contributed by atoms with Gasteiger partial charge in [-0.2, -0.15) is 0 Å². The van der Waals surface area contributed by atoms with Gasteiger partial charge in [0.2, 0.25) is 0 Å². The van der Waals surface area contributed by atoms with Crippen molar-refractivity contribution in [2.75, 3.05) is 0 Å². The SMILES string of the molecule is CC(C)(C)P(C(C)(C)C)C(C)(C)C.CC(C)(C)P(C(C)(C)C)C(C)(C)C.I.I.[Pd].[Pd]. The second-order valence-corrected chi connectivity index (χ2v) is 23.1. The van der Waals surface area contributed by atoms with E-state index in [4.69, 9.17) is 0 Å². The van der Waals surface area contributed by atoms with Gasteiger partial charge in [-0.05, 0) is 30.9 Å². The molecule has 0 atom stereocenters. The van der Waals surface area contributed by atoms with E-state index in [1.54, 1.807) is 0 Å². The van der Waals surface area contributed by atoms with Crippen LogP contribution in [-0.2, 0) is 40.8 Å². The third-order valence-electron chi connectivity index (χ3n) is 4.02. The van der Waals surface area contributed by atoms with E-state index in [-0.39, 0.29) is 105 Å². The molecule has 0 aromatic rings. The Hall–Kier alpha value is 3.64. The van der Waals surface area contributed by atoms with Crippen molar-refractivity contribution in [1.29, 1.82) is 0 Å². The fourth-order valence-corrected chi connectivity index (χ4v) is 18.1. The fourth-order valence-electron chi connectivity index (χ4n) is 6.04. The molecule has 0 saturated carbocycles. The van der Waals surface area contributed by atoms with Crippen LogP contribution in [0.15, 0.2) is 0 Å². The van der Waals surface area contributed by atoms with Crippen LogP contribution in [0.3, 0.4) is 0 Å². The summed E-state index contributed by atoms with van der Waals surface area (Å²) in [6.07, 6.45) is 0. The van der Waals surface area contributed by atoms with Gasteiger partial charge >= 0.3 is 0 Å². The summed E-state index contributed by atoms with van der Waals surface area (Å²) in [5, 5.41) is 2.70. The molecule has 0 nitrogen and oxygen atoms in total. The van der Waals surface area contributed by atoms with Crippen molar-refractivity contribution < 1.29 is 40.8 Å². The van der Waals surface area contributed by atoms with Crippen LogP contribution >= 0.6 is 63.8 Å². The first-order chi connectivity index (χ1) is 10.7. The molecule has 0 N–H and O–H groups in total. The number of rotatable bonds is 0. The van der Waals surface area contributed by atoms with E-state index in [0.717, 1.165) is 0 Å². The molecule has 0 fully saturated rings. The predicted molar refractivity (Wildman–Crippen MR) is 163 cm³/mol. The van der Waals surface area contributed by atoms with Crippen LogP contribution in [-0.4, -0.2) is 30.9 Å². The minimum Gasteiger partial charge on any atom is -0.107 e. The minimum atomic E-state index is 0. The summed E-state index contributed by atoms with van der Waals surface area (Å²) in [5.41, 5.74) is 0. The van der Waals surface area contributed by atoms with Crippen LogP contribution < -0.4 is 0 Å². The first-order valence-corrected chi connectivity index (χ1v) is 13.0. The molecule has 0 saturated heterocycles. The summed E-state index contributed by atoms with van der Waals surface area (Å²) in [6, 6.07) is 0. The maximum absolute atomic E-state index is 2.38. The Bertz CT molecular complexity index is 318. The summed E-state index contributed by atoms with van der Waals surface area (Å²) in [7, 11) is 0.0324. The molecule has 0 radical (unpaired) electrons. The number of halogens is 2. The molecule has 30 heavy (non-hydrogen) atoms. The normalized spacial score (nSPS) is 13.2. The van der Waals surface area contributed by atoms with Crippen molar-refractivity contribution in [3.63, 3.8) is 0 Å². The van der Waals surface area contributed by atoms with Gasteiger partial charge in [-0.3, -0.25) is 0 Å². The van der Waals surface area contributed by atoms with Crippen LogP contribution in [0, 0.1) is 0 Å². The van der Waals surface area contributed by atoms with Gasteiger partial charge < -0.3 is 0 Å². The van der Waals surface area contributed by atoms with Gasteiger partial charge in [-0.25, -0.2) is 0 Å². The average molecular weight is 873 g/mol. The van der Waals surface area contributed by atoms with Crippen LogP contribution in [0.2, 0.25) is 0 Å². The van der Waals surface area contributed by atoms with Crippen LogP contribution in [0.5, 0.6) is 0 Å². The van der Waals surface area contributed by atoms with E-state index in [0.29, 0.717) is 30.9 Å². The molecule has 0 bridgehead atoms. The van der Waals surface area contributed by atoms with Gasteiger partial charge in [0.25, 0.3) is 0 Å². The van der Waals surface area contributed by atoms with E-state index in [2.05, 4.69) is 125 Å². The second-order valence-electron chi connectivity index (χ2n) is 13.7. The Morgan fingerprint density at radius 2 is 0.333 bits per heavy atom. The molecule has 0 aromatic carbocycles. The Kier molecular flexibility index (Phi) is 24.5. The topological polar surface area (TPSA) is 0 Å². The second kappa shape index (κ2) is 15.7. The van der Waals surface area contributed by atoms with E-state index in [1.807, 2.05) is 0 Å². The molecule has 0 unspecified atom stereocenters. The van der Waals surface area contributed by atoms with Gasteiger partial charge in [0.05, 0.1) is 0 Å². The predicted octanol–water partition coefficient (Wildman–Crippen LogP) is 11.0. The molecule has 0 spiro atoms. The third-order valence-corrected chi connectivity index (χ3v) is 12.1. The van der Waals surface area contributed by atoms with Gasteiger partial charge in [-0.15, -0.1) is 48.0 Å². The zero-order valence-electron chi connectivity index (χ0n) is 23.3. The van der Waals surface area contributed by atoms with Crippen LogP contribution in [0.25, 0.3) is 0 Å². The van der Waals surface area contributed by atoms with Gasteiger partial charge in [0.1, 0.15) is 0 Å². The monoisotopic (exact) mass is 872 g/mol. The van der Waals surface area contributed by atoms with E-state index in [9.17, 15) is 0 Å². The van der Waals surface area contributed by atoms with E-state index >= 15 is 0 Å². The Labute approximate surface area is 257 Å². The molecule has 0 aromatic heterocycles. The largest absolute Gasteiger partial charge is 0.107 e. The average Bonchev–Trinajstić information content (AvgIpc) is 1.97. The molecule has 0 amide bonds. The quantitative estimate of drug-likeness (QED) is 0.129. The summed E-state index contributed by atoms with van der Waals surface area (Å²) in [5.74, 6) is 0. The Morgan fingerprint density at radius 3 is 0.333 bits per heavy atom. The van der Waals surface area contributed by atoms with Gasteiger partial charge in [-0.1, -0.05) is 140 Å². The first-order valence-electron chi connectivity index (χ1n) is 10.3. The van der Waals surface area contributed by atoms with Crippen LogP contribution in [0.4, 0.5) is 0 Å². The maximum atomic E-state index is 2.38. The molecular formula is C24H56I2P2Pd2. The summed E-state index contributed by atoms with van der Waals surface area (Å²) < 4.78 is 0.